The molecule has 2 nitrogen and oxygen atoms in total. The highest BCUT2D eigenvalue weighted by atomic mass is 15.3. The molecule has 1 aliphatic rings. The molecule has 0 amide bonds. The molecule has 1 rings (SSSR count). The van der Waals surface area contributed by atoms with Crippen LogP contribution in [0, 0.1) is 0 Å². The van der Waals surface area contributed by atoms with Gasteiger partial charge in [0.25, 0.3) is 0 Å². The van der Waals surface area contributed by atoms with Crippen LogP contribution >= 0.6 is 0 Å². The topological polar surface area (TPSA) is 6.48 Å². The van der Waals surface area contributed by atoms with Crippen LogP contribution in [0.5, 0.6) is 0 Å². The summed E-state index contributed by atoms with van der Waals surface area (Å²) in [6, 6.07) is 1.26. The van der Waals surface area contributed by atoms with Gasteiger partial charge in [-0.15, -0.1) is 0 Å². The average Bonchev–Trinajstić information content (AvgIpc) is 2.05. The highest BCUT2D eigenvalue weighted by Crippen LogP contribution is 2.29. The highest BCUT2D eigenvalue weighted by Gasteiger charge is 2.39. The number of piperazine rings is 1. The highest BCUT2D eigenvalue weighted by molar-refractivity contribution is 4.95. The zero-order valence-electron chi connectivity index (χ0n) is 12.5. The van der Waals surface area contributed by atoms with Crippen LogP contribution in [0.1, 0.15) is 55.4 Å². The fourth-order valence-corrected chi connectivity index (χ4v) is 3.04. The Morgan fingerprint density at radius 3 is 1.12 bits per heavy atom. The van der Waals surface area contributed by atoms with Crippen LogP contribution in [0.3, 0.4) is 0 Å². The lowest BCUT2D eigenvalue weighted by Crippen LogP contribution is -2.65. The van der Waals surface area contributed by atoms with E-state index in [4.69, 9.17) is 0 Å². The largest absolute Gasteiger partial charge is 0.293 e. The average molecular weight is 226 g/mol. The summed E-state index contributed by atoms with van der Waals surface area (Å²) in [5, 5.41) is 0. The van der Waals surface area contributed by atoms with E-state index >= 15 is 0 Å². The van der Waals surface area contributed by atoms with E-state index in [1.807, 2.05) is 0 Å². The van der Waals surface area contributed by atoms with Gasteiger partial charge >= 0.3 is 0 Å². The van der Waals surface area contributed by atoms with Gasteiger partial charge in [-0.2, -0.15) is 0 Å². The minimum absolute atomic E-state index is 0.289. The van der Waals surface area contributed by atoms with Gasteiger partial charge < -0.3 is 0 Å². The monoisotopic (exact) mass is 226 g/mol. The van der Waals surface area contributed by atoms with Crippen molar-refractivity contribution < 1.29 is 0 Å². The van der Waals surface area contributed by atoms with Crippen LogP contribution in [0.25, 0.3) is 0 Å². The second-order valence-electron chi connectivity index (χ2n) is 7.21. The van der Waals surface area contributed by atoms with E-state index < -0.39 is 0 Å². The molecule has 0 N–H and O–H groups in total. The molecule has 1 saturated heterocycles. The normalized spacial score (nSPS) is 30.8. The summed E-state index contributed by atoms with van der Waals surface area (Å²) < 4.78 is 0. The van der Waals surface area contributed by atoms with Crippen molar-refractivity contribution in [2.75, 3.05) is 13.1 Å². The molecule has 0 aromatic carbocycles. The summed E-state index contributed by atoms with van der Waals surface area (Å²) in [4.78, 5) is 5.28. The second-order valence-corrected chi connectivity index (χ2v) is 7.21. The van der Waals surface area contributed by atoms with Crippen LogP contribution in [-0.2, 0) is 0 Å². The molecule has 2 atom stereocenters. The Morgan fingerprint density at radius 1 is 0.688 bits per heavy atom. The first kappa shape index (κ1) is 14.0. The van der Waals surface area contributed by atoms with Gasteiger partial charge in [-0.3, -0.25) is 9.80 Å². The Morgan fingerprint density at radius 2 is 0.938 bits per heavy atom. The minimum atomic E-state index is 0.289. The van der Waals surface area contributed by atoms with Gasteiger partial charge in [-0.05, 0) is 55.4 Å². The summed E-state index contributed by atoms with van der Waals surface area (Å²) in [5.74, 6) is 0. The van der Waals surface area contributed by atoms with Gasteiger partial charge in [0, 0.05) is 36.3 Å². The van der Waals surface area contributed by atoms with Gasteiger partial charge in [0.05, 0.1) is 0 Å². The summed E-state index contributed by atoms with van der Waals surface area (Å²) in [6.45, 7) is 21.0. The van der Waals surface area contributed by atoms with E-state index in [0.29, 0.717) is 12.1 Å². The molecule has 1 aliphatic heterocycles. The first-order chi connectivity index (χ1) is 7.05. The van der Waals surface area contributed by atoms with Crippen LogP contribution in [0.2, 0.25) is 0 Å². The van der Waals surface area contributed by atoms with Crippen molar-refractivity contribution in [3.05, 3.63) is 0 Å². The van der Waals surface area contributed by atoms with Crippen molar-refractivity contribution in [1.82, 2.24) is 9.80 Å². The third-order valence-electron chi connectivity index (χ3n) is 3.99. The Labute approximate surface area is 102 Å². The van der Waals surface area contributed by atoms with Gasteiger partial charge in [0.15, 0.2) is 0 Å². The van der Waals surface area contributed by atoms with Gasteiger partial charge in [0.2, 0.25) is 0 Å². The van der Waals surface area contributed by atoms with Crippen LogP contribution in [-0.4, -0.2) is 46.1 Å². The minimum Gasteiger partial charge on any atom is -0.293 e. The van der Waals surface area contributed by atoms with Crippen molar-refractivity contribution in [2.45, 2.75) is 78.6 Å². The quantitative estimate of drug-likeness (QED) is 0.626. The Hall–Kier alpha value is -0.0800. The summed E-state index contributed by atoms with van der Waals surface area (Å²) in [6.07, 6.45) is 0. The van der Waals surface area contributed by atoms with E-state index in [-0.39, 0.29) is 11.1 Å². The standard InChI is InChI=1S/C14H30N2/c1-11-12(2)16(14(6,7)8)10-9-15(11)13(3,4)5/h11-12H,9-10H2,1-8H3/t11-,12+. The second kappa shape index (κ2) is 4.30. The molecule has 0 aliphatic carbocycles. The Kier molecular flexibility index (Phi) is 3.76. The number of hydrogen-bond acceptors (Lipinski definition) is 2. The molecule has 0 bridgehead atoms. The lowest BCUT2D eigenvalue weighted by molar-refractivity contribution is -0.0519. The first-order valence-electron chi connectivity index (χ1n) is 6.58. The number of rotatable bonds is 0. The predicted molar refractivity (Wildman–Crippen MR) is 71.8 cm³/mol. The molecular formula is C14H30N2. The van der Waals surface area contributed by atoms with Crippen molar-refractivity contribution in [2.24, 2.45) is 0 Å². The maximum absolute atomic E-state index is 2.64. The summed E-state index contributed by atoms with van der Waals surface area (Å²) in [5.41, 5.74) is 0.579. The summed E-state index contributed by atoms with van der Waals surface area (Å²) in [7, 11) is 0. The molecule has 2 heteroatoms. The van der Waals surface area contributed by atoms with Crippen LogP contribution in [0.15, 0.2) is 0 Å². The molecule has 1 fully saturated rings. The molecule has 96 valence electrons. The third-order valence-corrected chi connectivity index (χ3v) is 3.99. The van der Waals surface area contributed by atoms with E-state index in [9.17, 15) is 0 Å². The van der Waals surface area contributed by atoms with E-state index in [0.717, 1.165) is 0 Å². The van der Waals surface area contributed by atoms with Gasteiger partial charge in [-0.25, -0.2) is 0 Å². The number of nitrogens with zero attached hydrogens (tertiary/aromatic N) is 2. The van der Waals surface area contributed by atoms with Crippen molar-refractivity contribution in [3.63, 3.8) is 0 Å². The van der Waals surface area contributed by atoms with Crippen LogP contribution in [0.4, 0.5) is 0 Å². The van der Waals surface area contributed by atoms with E-state index in [1.54, 1.807) is 0 Å². The van der Waals surface area contributed by atoms with Crippen molar-refractivity contribution in [3.8, 4) is 0 Å². The van der Waals surface area contributed by atoms with Crippen molar-refractivity contribution in [1.29, 1.82) is 0 Å². The SMILES string of the molecule is C[C@@H]1[C@H](C)N(C(C)(C)C)CCN1C(C)(C)C. The summed E-state index contributed by atoms with van der Waals surface area (Å²) >= 11 is 0. The van der Waals surface area contributed by atoms with Gasteiger partial charge in [-0.1, -0.05) is 0 Å². The maximum atomic E-state index is 2.64. The molecule has 1 heterocycles. The molecule has 0 unspecified atom stereocenters. The smallest absolute Gasteiger partial charge is 0.0226 e. The lowest BCUT2D eigenvalue weighted by Gasteiger charge is -2.54. The molecule has 0 aromatic rings. The number of hydrogen-bond donors (Lipinski definition) is 0. The molecule has 16 heavy (non-hydrogen) atoms. The Bertz CT molecular complexity index is 208. The third kappa shape index (κ3) is 2.78. The molecule has 0 radical (unpaired) electrons. The molecule has 0 saturated carbocycles. The molecule has 0 spiro atoms. The predicted octanol–water partition coefficient (Wildman–Crippen LogP) is 2.98. The van der Waals surface area contributed by atoms with Crippen molar-refractivity contribution >= 4 is 0 Å². The fourth-order valence-electron chi connectivity index (χ4n) is 3.04. The fraction of sp³-hybridized carbons (Fsp3) is 1.00. The zero-order chi connectivity index (χ0) is 12.7. The van der Waals surface area contributed by atoms with Gasteiger partial charge in [0.1, 0.15) is 0 Å². The molecule has 0 aromatic heterocycles. The first-order valence-corrected chi connectivity index (χ1v) is 6.58. The van der Waals surface area contributed by atoms with E-state index in [1.165, 1.54) is 13.1 Å². The van der Waals surface area contributed by atoms with Crippen LogP contribution < -0.4 is 0 Å². The Balaban J connectivity index is 2.81. The zero-order valence-corrected chi connectivity index (χ0v) is 12.5. The van der Waals surface area contributed by atoms with E-state index in [2.05, 4.69) is 65.2 Å². The lowest BCUT2D eigenvalue weighted by atomic mass is 9.92. The molecular weight excluding hydrogens is 196 g/mol. The maximum Gasteiger partial charge on any atom is 0.0226 e.